The van der Waals surface area contributed by atoms with E-state index in [0.29, 0.717) is 24.6 Å². The first kappa shape index (κ1) is 20.2. The number of Topliss-reactive ketones (excluding diaryl/α,β-unsaturated/α-hetero) is 1. The summed E-state index contributed by atoms with van der Waals surface area (Å²) in [5.74, 6) is -0.107. The molecule has 31 heavy (non-hydrogen) atoms. The molecule has 1 saturated heterocycles. The normalized spacial score (nSPS) is 24.9. The molecule has 6 heteroatoms. The van der Waals surface area contributed by atoms with E-state index < -0.39 is 0 Å². The summed E-state index contributed by atoms with van der Waals surface area (Å²) in [6.45, 7) is 5.53. The van der Waals surface area contributed by atoms with Crippen LogP contribution in [0.5, 0.6) is 0 Å². The zero-order valence-corrected chi connectivity index (χ0v) is 18.1. The van der Waals surface area contributed by atoms with Gasteiger partial charge in [0.25, 0.3) is 0 Å². The number of piperidine rings is 1. The van der Waals surface area contributed by atoms with Gasteiger partial charge in [0.05, 0.1) is 17.9 Å². The van der Waals surface area contributed by atoms with Gasteiger partial charge in [0.2, 0.25) is 5.91 Å². The molecule has 2 aromatic carbocycles. The molecular formula is C25H28FN3O2. The monoisotopic (exact) mass is 421 g/mol. The summed E-state index contributed by atoms with van der Waals surface area (Å²) >= 11 is 0. The SMILES string of the molecule is CN1C(=O)CN2c3c1cccc3[C@@]1(C)CN(CCCC(=O)c3ccc(F)cc3)CC[C@@H]21. The van der Waals surface area contributed by atoms with Crippen molar-refractivity contribution < 1.29 is 14.0 Å². The number of carbonyl (C=O) groups is 2. The number of carbonyl (C=O) groups excluding carboxylic acids is 2. The average Bonchev–Trinajstić information content (AvgIpc) is 3.01. The van der Waals surface area contributed by atoms with E-state index in [1.165, 1.54) is 23.4 Å². The zero-order valence-electron chi connectivity index (χ0n) is 18.1. The highest BCUT2D eigenvalue weighted by Crippen LogP contribution is 2.53. The number of halogens is 1. The van der Waals surface area contributed by atoms with Gasteiger partial charge in [0.1, 0.15) is 5.82 Å². The van der Waals surface area contributed by atoms with E-state index in [2.05, 4.69) is 28.9 Å². The maximum Gasteiger partial charge on any atom is 0.246 e. The number of hydrogen-bond donors (Lipinski definition) is 0. The molecule has 0 unspecified atom stereocenters. The Balaban J connectivity index is 1.28. The van der Waals surface area contributed by atoms with Crippen LogP contribution in [-0.4, -0.2) is 55.9 Å². The number of amides is 1. The molecule has 0 radical (unpaired) electrons. The lowest BCUT2D eigenvalue weighted by Crippen LogP contribution is -2.57. The number of likely N-dealkylation sites (N-methyl/N-ethyl adjacent to an activating group) is 1. The molecule has 3 aliphatic rings. The second-order valence-electron chi connectivity index (χ2n) is 9.29. The number of ketones is 1. The Morgan fingerprint density at radius 1 is 1.19 bits per heavy atom. The summed E-state index contributed by atoms with van der Waals surface area (Å²) in [5.41, 5.74) is 4.12. The number of hydrogen-bond acceptors (Lipinski definition) is 4. The van der Waals surface area contributed by atoms with Gasteiger partial charge >= 0.3 is 0 Å². The molecule has 0 spiro atoms. The predicted molar refractivity (Wildman–Crippen MR) is 119 cm³/mol. The average molecular weight is 422 g/mol. The molecule has 0 bridgehead atoms. The van der Waals surface area contributed by atoms with E-state index in [0.717, 1.165) is 38.2 Å². The van der Waals surface area contributed by atoms with Crippen molar-refractivity contribution in [2.75, 3.05) is 43.0 Å². The Morgan fingerprint density at radius 3 is 2.74 bits per heavy atom. The van der Waals surface area contributed by atoms with E-state index in [9.17, 15) is 14.0 Å². The predicted octanol–water partition coefficient (Wildman–Crippen LogP) is 3.62. The fourth-order valence-corrected chi connectivity index (χ4v) is 5.77. The first-order valence-electron chi connectivity index (χ1n) is 11.1. The van der Waals surface area contributed by atoms with Gasteiger partial charge in [0, 0.05) is 43.6 Å². The second-order valence-corrected chi connectivity index (χ2v) is 9.29. The second kappa shape index (κ2) is 7.45. The molecule has 0 N–H and O–H groups in total. The Kier molecular flexibility index (Phi) is 4.85. The van der Waals surface area contributed by atoms with Crippen molar-refractivity contribution in [3.63, 3.8) is 0 Å². The summed E-state index contributed by atoms with van der Waals surface area (Å²) in [4.78, 5) is 31.5. The van der Waals surface area contributed by atoms with Crippen LogP contribution >= 0.6 is 0 Å². The van der Waals surface area contributed by atoms with Crippen LogP contribution in [0, 0.1) is 5.82 Å². The van der Waals surface area contributed by atoms with Crippen LogP contribution in [0.3, 0.4) is 0 Å². The summed E-state index contributed by atoms with van der Waals surface area (Å²) in [6.07, 6.45) is 2.26. The van der Waals surface area contributed by atoms with Crippen LogP contribution in [-0.2, 0) is 10.2 Å². The van der Waals surface area contributed by atoms with Gasteiger partial charge in [-0.2, -0.15) is 0 Å². The number of likely N-dealkylation sites (tertiary alicyclic amines) is 1. The smallest absolute Gasteiger partial charge is 0.246 e. The third-order valence-corrected chi connectivity index (χ3v) is 7.39. The molecule has 5 rings (SSSR count). The molecule has 3 heterocycles. The Hall–Kier alpha value is -2.73. The van der Waals surface area contributed by atoms with Crippen molar-refractivity contribution in [3.05, 3.63) is 59.4 Å². The van der Waals surface area contributed by atoms with Crippen LogP contribution in [0.25, 0.3) is 0 Å². The molecule has 1 fully saturated rings. The molecule has 0 saturated carbocycles. The Bertz CT molecular complexity index is 1040. The lowest BCUT2D eigenvalue weighted by molar-refractivity contribution is -0.117. The summed E-state index contributed by atoms with van der Waals surface area (Å²) < 4.78 is 13.1. The lowest BCUT2D eigenvalue weighted by Gasteiger charge is -2.46. The van der Waals surface area contributed by atoms with Gasteiger partial charge in [-0.3, -0.25) is 9.59 Å². The molecule has 0 aliphatic carbocycles. The first-order chi connectivity index (χ1) is 14.9. The Labute approximate surface area is 182 Å². The minimum Gasteiger partial charge on any atom is -0.356 e. The summed E-state index contributed by atoms with van der Waals surface area (Å²) in [5, 5.41) is 0. The number of nitrogens with zero attached hydrogens (tertiary/aromatic N) is 3. The highest BCUT2D eigenvalue weighted by molar-refractivity contribution is 6.04. The van der Waals surface area contributed by atoms with Crippen LogP contribution in [0.4, 0.5) is 15.8 Å². The van der Waals surface area contributed by atoms with Crippen LogP contribution < -0.4 is 9.80 Å². The van der Waals surface area contributed by atoms with E-state index in [4.69, 9.17) is 0 Å². The molecule has 2 aromatic rings. The highest BCUT2D eigenvalue weighted by Gasteiger charge is 2.53. The standard InChI is InChI=1S/C25H28FN3O2/c1-25-16-28(13-4-7-21(30)17-8-10-18(26)11-9-17)14-12-22(25)29-15-23(31)27(2)20-6-3-5-19(25)24(20)29/h3,5-6,8-11,22H,4,7,12-16H2,1-2H3/t22-,25-/m1/s1. The van der Waals surface area contributed by atoms with Gasteiger partial charge < -0.3 is 14.7 Å². The molecular weight excluding hydrogens is 393 g/mol. The van der Waals surface area contributed by atoms with Crippen LogP contribution in [0.1, 0.15) is 42.1 Å². The van der Waals surface area contributed by atoms with Gasteiger partial charge in [-0.15, -0.1) is 0 Å². The van der Waals surface area contributed by atoms with Crippen molar-refractivity contribution in [2.45, 2.75) is 37.6 Å². The topological polar surface area (TPSA) is 43.9 Å². The molecule has 2 atom stereocenters. The fourth-order valence-electron chi connectivity index (χ4n) is 5.77. The number of fused-ring (bicyclic) bond motifs is 3. The largest absolute Gasteiger partial charge is 0.356 e. The highest BCUT2D eigenvalue weighted by atomic mass is 19.1. The van der Waals surface area contributed by atoms with Crippen LogP contribution in [0.15, 0.2) is 42.5 Å². The summed E-state index contributed by atoms with van der Waals surface area (Å²) in [7, 11) is 1.87. The van der Waals surface area contributed by atoms with E-state index in [1.807, 2.05) is 13.1 Å². The van der Waals surface area contributed by atoms with Crippen molar-refractivity contribution in [1.29, 1.82) is 0 Å². The third kappa shape index (κ3) is 3.24. The number of benzene rings is 2. The fraction of sp³-hybridized carbons (Fsp3) is 0.440. The maximum atomic E-state index is 13.1. The van der Waals surface area contributed by atoms with Crippen LogP contribution in [0.2, 0.25) is 0 Å². The number of anilines is 2. The lowest BCUT2D eigenvalue weighted by atomic mass is 9.74. The minimum atomic E-state index is -0.321. The number of para-hydroxylation sites is 1. The maximum absolute atomic E-state index is 13.1. The first-order valence-corrected chi connectivity index (χ1v) is 11.1. The number of rotatable bonds is 5. The van der Waals surface area contributed by atoms with Crippen molar-refractivity contribution in [3.8, 4) is 0 Å². The van der Waals surface area contributed by atoms with E-state index >= 15 is 0 Å². The van der Waals surface area contributed by atoms with Crippen molar-refractivity contribution in [1.82, 2.24) is 4.90 Å². The molecule has 1 amide bonds. The van der Waals surface area contributed by atoms with Gasteiger partial charge in [-0.25, -0.2) is 4.39 Å². The van der Waals surface area contributed by atoms with Gasteiger partial charge in [-0.1, -0.05) is 19.1 Å². The molecule has 3 aliphatic heterocycles. The van der Waals surface area contributed by atoms with Gasteiger partial charge in [0.15, 0.2) is 5.78 Å². The van der Waals surface area contributed by atoms with Gasteiger partial charge in [-0.05, 0) is 55.3 Å². The quantitative estimate of drug-likeness (QED) is 0.692. The van der Waals surface area contributed by atoms with E-state index in [1.54, 1.807) is 17.0 Å². The van der Waals surface area contributed by atoms with E-state index in [-0.39, 0.29) is 22.9 Å². The Morgan fingerprint density at radius 2 is 1.97 bits per heavy atom. The zero-order chi connectivity index (χ0) is 21.8. The summed E-state index contributed by atoms with van der Waals surface area (Å²) in [6, 6.07) is 12.5. The molecule has 0 aromatic heterocycles. The minimum absolute atomic E-state index is 0.0317. The van der Waals surface area contributed by atoms with Crippen molar-refractivity contribution in [2.24, 2.45) is 0 Å². The molecule has 5 nitrogen and oxygen atoms in total. The molecule has 162 valence electrons. The third-order valence-electron chi connectivity index (χ3n) is 7.39. The van der Waals surface area contributed by atoms with Crippen molar-refractivity contribution >= 4 is 23.1 Å².